The van der Waals surface area contributed by atoms with E-state index >= 15 is 0 Å². The van der Waals surface area contributed by atoms with Gasteiger partial charge in [-0.05, 0) is 68.5 Å². The van der Waals surface area contributed by atoms with Crippen LogP contribution in [0.3, 0.4) is 0 Å². The van der Waals surface area contributed by atoms with Crippen molar-refractivity contribution in [1.29, 1.82) is 0 Å². The Morgan fingerprint density at radius 3 is 2.63 bits per heavy atom. The van der Waals surface area contributed by atoms with Crippen LogP contribution in [0.5, 0.6) is 5.75 Å². The number of aliphatic imine (C=N–C) groups is 1. The smallest absolute Gasteiger partial charge is 0.303 e. The molecule has 1 heterocycles. The monoisotopic (exact) mass is 407 g/mol. The molecule has 2 aromatic carbocycles. The fourth-order valence-electron chi connectivity index (χ4n) is 3.21. The molecule has 0 unspecified atom stereocenters. The number of nitrogens with one attached hydrogen (secondary N) is 1. The molecule has 3 aromatic rings. The maximum absolute atomic E-state index is 12.9. The van der Waals surface area contributed by atoms with E-state index in [0.29, 0.717) is 35.3 Å². The molecule has 0 spiro atoms. The molecule has 0 radical (unpaired) electrons. The third-order valence-corrected chi connectivity index (χ3v) is 5.13. The van der Waals surface area contributed by atoms with Gasteiger partial charge in [0.2, 0.25) is 0 Å². The van der Waals surface area contributed by atoms with Gasteiger partial charge in [-0.3, -0.25) is 19.7 Å². The summed E-state index contributed by atoms with van der Waals surface area (Å²) >= 11 is 0. The lowest BCUT2D eigenvalue weighted by Gasteiger charge is -2.06. The number of nitrogens with zero attached hydrogens (tertiary/aromatic N) is 2. The number of para-hydroxylation sites is 1. The quantitative estimate of drug-likeness (QED) is 0.515. The van der Waals surface area contributed by atoms with Gasteiger partial charge in [-0.15, -0.1) is 0 Å². The minimum absolute atomic E-state index is 0.00168. The highest BCUT2D eigenvalue weighted by Crippen LogP contribution is 2.31. The van der Waals surface area contributed by atoms with Crippen molar-refractivity contribution in [1.82, 2.24) is 9.78 Å². The fraction of sp³-hybridized carbons (Fsp3) is 0.261. The molecule has 0 bridgehead atoms. The number of hydrogen-bond donors (Lipinski definition) is 3. The lowest BCUT2D eigenvalue weighted by molar-refractivity contribution is -0.137. The van der Waals surface area contributed by atoms with E-state index in [1.807, 2.05) is 32.0 Å². The number of carbonyl (C=O) groups is 1. The van der Waals surface area contributed by atoms with Crippen molar-refractivity contribution in [3.8, 4) is 11.4 Å². The summed E-state index contributed by atoms with van der Waals surface area (Å²) in [5.74, 6) is -0.867. The highest BCUT2D eigenvalue weighted by atomic mass is 16.4. The first-order valence-electron chi connectivity index (χ1n) is 9.74. The SMILES string of the molecule is Cc1ccc(-n2[nH]c(C)c(C=Nc3cccc(CCCC(=O)O)c3O)c2=O)cc1C. The Kier molecular flexibility index (Phi) is 6.20. The largest absolute Gasteiger partial charge is 0.505 e. The molecular formula is C23H25N3O4. The van der Waals surface area contributed by atoms with E-state index in [0.717, 1.165) is 16.8 Å². The standard InChI is InChI=1S/C23H25N3O4/c1-14-10-11-18(12-15(14)2)26-23(30)19(16(3)25-26)13-24-20-8-4-6-17(22(20)29)7-5-9-21(27)28/h4,6,8,10-13,25,29H,5,7,9H2,1-3H3,(H,27,28). The summed E-state index contributed by atoms with van der Waals surface area (Å²) in [5.41, 5.74) is 4.79. The third kappa shape index (κ3) is 4.51. The van der Waals surface area contributed by atoms with Gasteiger partial charge >= 0.3 is 5.97 Å². The van der Waals surface area contributed by atoms with Gasteiger partial charge in [0.15, 0.2) is 0 Å². The van der Waals surface area contributed by atoms with Gasteiger partial charge < -0.3 is 10.2 Å². The van der Waals surface area contributed by atoms with Crippen molar-refractivity contribution in [2.75, 3.05) is 0 Å². The van der Waals surface area contributed by atoms with Crippen LogP contribution in [0.15, 0.2) is 46.2 Å². The first-order valence-corrected chi connectivity index (χ1v) is 9.74. The molecule has 0 aliphatic heterocycles. The molecule has 0 amide bonds. The van der Waals surface area contributed by atoms with Crippen molar-refractivity contribution >= 4 is 17.9 Å². The van der Waals surface area contributed by atoms with E-state index in [9.17, 15) is 14.7 Å². The number of aromatic hydroxyl groups is 1. The lowest BCUT2D eigenvalue weighted by Crippen LogP contribution is -2.17. The van der Waals surface area contributed by atoms with Gasteiger partial charge in [0.05, 0.1) is 11.3 Å². The molecule has 156 valence electrons. The summed E-state index contributed by atoms with van der Waals surface area (Å²) in [6, 6.07) is 10.9. The number of aliphatic carboxylic acids is 1. The number of aromatic nitrogens is 2. The minimum Gasteiger partial charge on any atom is -0.505 e. The second-order valence-electron chi connectivity index (χ2n) is 7.35. The molecule has 30 heavy (non-hydrogen) atoms. The molecule has 0 saturated carbocycles. The Bertz CT molecular complexity index is 1170. The number of phenolic OH excluding ortho intramolecular Hbond substituents is 1. The predicted molar refractivity (Wildman–Crippen MR) is 117 cm³/mol. The second-order valence-corrected chi connectivity index (χ2v) is 7.35. The Hall–Kier alpha value is -3.61. The van der Waals surface area contributed by atoms with E-state index < -0.39 is 5.97 Å². The molecule has 1 aromatic heterocycles. The number of benzene rings is 2. The van der Waals surface area contributed by atoms with Crippen LogP contribution in [0.2, 0.25) is 0 Å². The van der Waals surface area contributed by atoms with Crippen molar-refractivity contribution in [2.24, 2.45) is 4.99 Å². The number of H-pyrrole nitrogens is 1. The fourth-order valence-corrected chi connectivity index (χ4v) is 3.21. The van der Waals surface area contributed by atoms with E-state index in [1.165, 1.54) is 10.9 Å². The van der Waals surface area contributed by atoms with Crippen molar-refractivity contribution in [3.05, 3.63) is 74.7 Å². The van der Waals surface area contributed by atoms with E-state index in [-0.39, 0.29) is 17.7 Å². The summed E-state index contributed by atoms with van der Waals surface area (Å²) < 4.78 is 1.48. The number of carboxylic acid groups (broad SMARTS) is 1. The molecule has 7 nitrogen and oxygen atoms in total. The molecule has 0 fully saturated rings. The minimum atomic E-state index is -0.869. The van der Waals surface area contributed by atoms with Gasteiger partial charge in [0.25, 0.3) is 5.56 Å². The number of phenols is 1. The van der Waals surface area contributed by atoms with Gasteiger partial charge in [0, 0.05) is 18.3 Å². The lowest BCUT2D eigenvalue weighted by atomic mass is 10.1. The molecule has 3 N–H and O–H groups in total. The van der Waals surface area contributed by atoms with Crippen LogP contribution in [0.4, 0.5) is 5.69 Å². The number of rotatable bonds is 7. The zero-order chi connectivity index (χ0) is 21.8. The average Bonchev–Trinajstić information content (AvgIpc) is 2.98. The van der Waals surface area contributed by atoms with Crippen molar-refractivity contribution < 1.29 is 15.0 Å². The Labute approximate surface area is 174 Å². The van der Waals surface area contributed by atoms with Gasteiger partial charge in [0.1, 0.15) is 11.4 Å². The highest BCUT2D eigenvalue weighted by Gasteiger charge is 2.12. The molecule has 0 saturated heterocycles. The number of hydrogen-bond acceptors (Lipinski definition) is 4. The molecule has 7 heteroatoms. The van der Waals surface area contributed by atoms with Crippen LogP contribution in [0.1, 0.15) is 40.8 Å². The van der Waals surface area contributed by atoms with Crippen LogP contribution in [-0.2, 0) is 11.2 Å². The molecule has 0 aliphatic rings. The number of aromatic amines is 1. The maximum atomic E-state index is 12.9. The van der Waals surface area contributed by atoms with Crippen molar-refractivity contribution in [3.63, 3.8) is 0 Å². The molecule has 0 atom stereocenters. The van der Waals surface area contributed by atoms with Crippen LogP contribution < -0.4 is 5.56 Å². The summed E-state index contributed by atoms with van der Waals surface area (Å²) in [6.45, 7) is 5.80. The second kappa shape index (κ2) is 8.82. The molecular weight excluding hydrogens is 382 g/mol. The summed E-state index contributed by atoms with van der Waals surface area (Å²) in [7, 11) is 0. The van der Waals surface area contributed by atoms with Crippen LogP contribution in [0, 0.1) is 20.8 Å². The van der Waals surface area contributed by atoms with E-state index in [1.54, 1.807) is 25.1 Å². The van der Waals surface area contributed by atoms with Gasteiger partial charge in [-0.2, -0.15) is 0 Å². The topological polar surface area (TPSA) is 108 Å². The van der Waals surface area contributed by atoms with Crippen molar-refractivity contribution in [2.45, 2.75) is 40.0 Å². The zero-order valence-corrected chi connectivity index (χ0v) is 17.3. The maximum Gasteiger partial charge on any atom is 0.303 e. The van der Waals surface area contributed by atoms with Gasteiger partial charge in [-0.1, -0.05) is 18.2 Å². The first kappa shape index (κ1) is 21.1. The Balaban J connectivity index is 1.88. The normalized spacial score (nSPS) is 11.3. The van der Waals surface area contributed by atoms with E-state index in [2.05, 4.69) is 10.1 Å². The van der Waals surface area contributed by atoms with Gasteiger partial charge in [-0.25, -0.2) is 4.68 Å². The summed E-state index contributed by atoms with van der Waals surface area (Å²) in [5, 5.41) is 22.3. The average molecular weight is 407 g/mol. The zero-order valence-electron chi connectivity index (χ0n) is 17.3. The molecule has 0 aliphatic carbocycles. The van der Waals surface area contributed by atoms with E-state index in [4.69, 9.17) is 5.11 Å². The predicted octanol–water partition coefficient (Wildman–Crippen LogP) is 3.95. The number of carboxylic acids is 1. The highest BCUT2D eigenvalue weighted by molar-refractivity contribution is 5.84. The van der Waals surface area contributed by atoms with Crippen LogP contribution >= 0.6 is 0 Å². The summed E-state index contributed by atoms with van der Waals surface area (Å²) in [6.07, 6.45) is 2.34. The summed E-state index contributed by atoms with van der Waals surface area (Å²) in [4.78, 5) is 27.9. The molecule has 3 rings (SSSR count). The third-order valence-electron chi connectivity index (χ3n) is 5.13. The first-order chi connectivity index (χ1) is 14.3. The number of aryl methyl sites for hydroxylation is 4. The van der Waals surface area contributed by atoms with Crippen LogP contribution in [0.25, 0.3) is 5.69 Å². The Morgan fingerprint density at radius 1 is 1.17 bits per heavy atom. The Morgan fingerprint density at radius 2 is 1.93 bits per heavy atom. The van der Waals surface area contributed by atoms with Crippen LogP contribution in [-0.4, -0.2) is 32.2 Å².